The smallest absolute Gasteiger partial charge is 0.333 e. The second-order valence-corrected chi connectivity index (χ2v) is 5.77. The largest absolute Gasteiger partial charge is 0.466 e. The molecule has 1 aliphatic carbocycles. The van der Waals surface area contributed by atoms with Gasteiger partial charge in [-0.15, -0.1) is 0 Å². The molecular formula is C18H20FNO2. The van der Waals surface area contributed by atoms with E-state index in [1.165, 1.54) is 24.8 Å². The normalized spacial score (nSPS) is 22.2. The summed E-state index contributed by atoms with van der Waals surface area (Å²) in [6.07, 6.45) is 6.97. The van der Waals surface area contributed by atoms with Crippen molar-refractivity contribution in [3.8, 4) is 0 Å². The Balaban J connectivity index is 1.65. The number of rotatable bonds is 3. The summed E-state index contributed by atoms with van der Waals surface area (Å²) in [5.41, 5.74) is 3.16. The Morgan fingerprint density at radius 2 is 2.05 bits per heavy atom. The van der Waals surface area contributed by atoms with Gasteiger partial charge in [0.1, 0.15) is 5.82 Å². The van der Waals surface area contributed by atoms with E-state index in [4.69, 9.17) is 4.74 Å². The number of carbonyl (C=O) groups excluding carboxylic acids is 1. The second kappa shape index (κ2) is 6.44. The van der Waals surface area contributed by atoms with Crippen LogP contribution in [0.2, 0.25) is 0 Å². The zero-order chi connectivity index (χ0) is 15.5. The van der Waals surface area contributed by atoms with Gasteiger partial charge in [0, 0.05) is 24.7 Å². The summed E-state index contributed by atoms with van der Waals surface area (Å²) in [5, 5.41) is 0. The maximum absolute atomic E-state index is 13.0. The highest BCUT2D eigenvalue weighted by atomic mass is 19.1. The van der Waals surface area contributed by atoms with Gasteiger partial charge in [0.2, 0.25) is 0 Å². The highest BCUT2D eigenvalue weighted by Crippen LogP contribution is 2.28. The SMILES string of the molecule is COC(=O)C1=CC(N2CC=C(c3ccc(F)cc3)CC2)CC1. The van der Waals surface area contributed by atoms with Crippen LogP contribution < -0.4 is 0 Å². The summed E-state index contributed by atoms with van der Waals surface area (Å²) in [6.45, 7) is 1.82. The van der Waals surface area contributed by atoms with Crippen molar-refractivity contribution in [1.29, 1.82) is 0 Å². The number of benzene rings is 1. The van der Waals surface area contributed by atoms with E-state index in [0.29, 0.717) is 6.04 Å². The van der Waals surface area contributed by atoms with Crippen LogP contribution in [0.25, 0.3) is 5.57 Å². The fourth-order valence-corrected chi connectivity index (χ4v) is 3.20. The Morgan fingerprint density at radius 1 is 1.27 bits per heavy atom. The van der Waals surface area contributed by atoms with Crippen molar-refractivity contribution in [1.82, 2.24) is 4.90 Å². The lowest BCUT2D eigenvalue weighted by atomic mass is 9.98. The number of hydrogen-bond donors (Lipinski definition) is 0. The molecule has 0 N–H and O–H groups in total. The van der Waals surface area contributed by atoms with Crippen molar-refractivity contribution in [2.45, 2.75) is 25.3 Å². The van der Waals surface area contributed by atoms with Crippen LogP contribution in [0.4, 0.5) is 4.39 Å². The fraction of sp³-hybridized carbons (Fsp3) is 0.389. The van der Waals surface area contributed by atoms with Crippen LogP contribution in [-0.4, -0.2) is 37.1 Å². The Hall–Kier alpha value is -1.94. The van der Waals surface area contributed by atoms with Crippen LogP contribution in [0.15, 0.2) is 42.0 Å². The van der Waals surface area contributed by atoms with Gasteiger partial charge in [-0.25, -0.2) is 9.18 Å². The highest BCUT2D eigenvalue weighted by molar-refractivity contribution is 5.89. The Bertz CT molecular complexity index is 618. The fourth-order valence-electron chi connectivity index (χ4n) is 3.20. The number of esters is 1. The number of ether oxygens (including phenoxy) is 1. The first kappa shape index (κ1) is 15.0. The summed E-state index contributed by atoms with van der Waals surface area (Å²) in [5.74, 6) is -0.407. The number of halogens is 1. The van der Waals surface area contributed by atoms with Crippen LogP contribution in [-0.2, 0) is 9.53 Å². The summed E-state index contributed by atoms with van der Waals surface area (Å²) in [7, 11) is 1.43. The molecule has 0 spiro atoms. The number of hydrogen-bond acceptors (Lipinski definition) is 3. The molecule has 0 bridgehead atoms. The van der Waals surface area contributed by atoms with Gasteiger partial charge in [0.05, 0.1) is 7.11 Å². The molecule has 1 heterocycles. The number of nitrogens with zero attached hydrogens (tertiary/aromatic N) is 1. The molecule has 2 aliphatic rings. The molecule has 1 aliphatic heterocycles. The van der Waals surface area contributed by atoms with Gasteiger partial charge in [0.25, 0.3) is 0 Å². The molecule has 0 aromatic heterocycles. The molecule has 0 amide bonds. The topological polar surface area (TPSA) is 29.5 Å². The first-order valence-corrected chi connectivity index (χ1v) is 7.65. The van der Waals surface area contributed by atoms with E-state index >= 15 is 0 Å². The molecule has 1 unspecified atom stereocenters. The standard InChI is InChI=1S/C18H20FNO2/c1-22-18(21)15-4-7-17(12-15)20-10-8-14(9-11-20)13-2-5-16(19)6-3-13/h2-3,5-6,8,12,17H,4,7,9-11H2,1H3. The van der Waals surface area contributed by atoms with Gasteiger partial charge < -0.3 is 4.74 Å². The second-order valence-electron chi connectivity index (χ2n) is 5.77. The lowest BCUT2D eigenvalue weighted by Crippen LogP contribution is -2.36. The van der Waals surface area contributed by atoms with Gasteiger partial charge in [-0.3, -0.25) is 4.90 Å². The number of carbonyl (C=O) groups is 1. The zero-order valence-electron chi connectivity index (χ0n) is 12.7. The number of methoxy groups -OCH3 is 1. The molecule has 116 valence electrons. The third-order valence-electron chi connectivity index (χ3n) is 4.48. The van der Waals surface area contributed by atoms with E-state index in [-0.39, 0.29) is 11.8 Å². The molecule has 1 aromatic rings. The molecule has 0 radical (unpaired) electrons. The predicted molar refractivity (Wildman–Crippen MR) is 83.7 cm³/mol. The minimum Gasteiger partial charge on any atom is -0.466 e. The third kappa shape index (κ3) is 3.12. The van der Waals surface area contributed by atoms with Gasteiger partial charge in [-0.2, -0.15) is 0 Å². The maximum atomic E-state index is 13.0. The van der Waals surface area contributed by atoms with E-state index in [2.05, 4.69) is 11.0 Å². The van der Waals surface area contributed by atoms with Gasteiger partial charge in [-0.05, 0) is 42.5 Å². The van der Waals surface area contributed by atoms with E-state index in [1.54, 1.807) is 0 Å². The quantitative estimate of drug-likeness (QED) is 0.803. The minimum atomic E-state index is -0.206. The molecule has 1 atom stereocenters. The lowest BCUT2D eigenvalue weighted by Gasteiger charge is -2.30. The maximum Gasteiger partial charge on any atom is 0.333 e. The van der Waals surface area contributed by atoms with E-state index in [9.17, 15) is 9.18 Å². The highest BCUT2D eigenvalue weighted by Gasteiger charge is 2.26. The third-order valence-corrected chi connectivity index (χ3v) is 4.48. The molecule has 22 heavy (non-hydrogen) atoms. The van der Waals surface area contributed by atoms with Crippen molar-refractivity contribution >= 4 is 11.5 Å². The Morgan fingerprint density at radius 3 is 2.68 bits per heavy atom. The van der Waals surface area contributed by atoms with E-state index in [1.807, 2.05) is 18.2 Å². The molecule has 3 nitrogen and oxygen atoms in total. The average molecular weight is 301 g/mol. The van der Waals surface area contributed by atoms with Gasteiger partial charge in [-0.1, -0.05) is 24.3 Å². The van der Waals surface area contributed by atoms with Crippen LogP contribution in [0.5, 0.6) is 0 Å². The van der Waals surface area contributed by atoms with E-state index in [0.717, 1.165) is 43.5 Å². The lowest BCUT2D eigenvalue weighted by molar-refractivity contribution is -0.136. The Labute approximate surface area is 130 Å². The van der Waals surface area contributed by atoms with Crippen LogP contribution in [0.3, 0.4) is 0 Å². The van der Waals surface area contributed by atoms with Gasteiger partial charge in [0.15, 0.2) is 0 Å². The van der Waals surface area contributed by atoms with Crippen molar-refractivity contribution < 1.29 is 13.9 Å². The zero-order valence-corrected chi connectivity index (χ0v) is 12.7. The summed E-state index contributed by atoms with van der Waals surface area (Å²) in [4.78, 5) is 13.9. The predicted octanol–water partition coefficient (Wildman–Crippen LogP) is 3.18. The summed E-state index contributed by atoms with van der Waals surface area (Å²) < 4.78 is 17.8. The van der Waals surface area contributed by atoms with Crippen LogP contribution >= 0.6 is 0 Å². The molecule has 3 rings (SSSR count). The summed E-state index contributed by atoms with van der Waals surface area (Å²) in [6, 6.07) is 7.00. The molecule has 0 saturated carbocycles. The molecule has 0 fully saturated rings. The molecule has 4 heteroatoms. The van der Waals surface area contributed by atoms with E-state index < -0.39 is 0 Å². The van der Waals surface area contributed by atoms with Crippen molar-refractivity contribution in [2.24, 2.45) is 0 Å². The van der Waals surface area contributed by atoms with Crippen LogP contribution in [0.1, 0.15) is 24.8 Å². The molecule has 1 aromatic carbocycles. The van der Waals surface area contributed by atoms with Crippen LogP contribution in [0, 0.1) is 5.82 Å². The molecule has 0 saturated heterocycles. The monoisotopic (exact) mass is 301 g/mol. The first-order valence-electron chi connectivity index (χ1n) is 7.65. The Kier molecular flexibility index (Phi) is 4.39. The average Bonchev–Trinajstić information content (AvgIpc) is 3.05. The van der Waals surface area contributed by atoms with Gasteiger partial charge >= 0.3 is 5.97 Å². The van der Waals surface area contributed by atoms with Crippen molar-refractivity contribution in [3.63, 3.8) is 0 Å². The molecular weight excluding hydrogens is 281 g/mol. The first-order chi connectivity index (χ1) is 10.7. The summed E-state index contributed by atoms with van der Waals surface area (Å²) >= 11 is 0. The minimum absolute atomic E-state index is 0.201. The van der Waals surface area contributed by atoms with Crippen molar-refractivity contribution in [2.75, 3.05) is 20.2 Å². The van der Waals surface area contributed by atoms with Crippen molar-refractivity contribution in [3.05, 3.63) is 53.4 Å².